The van der Waals surface area contributed by atoms with Gasteiger partial charge in [-0.25, -0.2) is 4.79 Å². The number of ether oxygens (including phenoxy) is 1. The summed E-state index contributed by atoms with van der Waals surface area (Å²) in [6.07, 6.45) is -3.51. The number of alkyl halides is 3. The molecule has 2 N–H and O–H groups in total. The first-order valence-electron chi connectivity index (χ1n) is 6.17. The Balaban J connectivity index is 2.79. The second kappa shape index (κ2) is 6.26. The number of hydrogen-bond donors (Lipinski definition) is 1. The van der Waals surface area contributed by atoms with E-state index in [9.17, 15) is 18.0 Å². The van der Waals surface area contributed by atoms with Gasteiger partial charge in [0.1, 0.15) is 6.07 Å². The van der Waals surface area contributed by atoms with Gasteiger partial charge in [0.15, 0.2) is 5.69 Å². The first kappa shape index (κ1) is 18.0. The number of carbonyl (C=O) groups is 1. The number of aromatic nitrogens is 1. The standard InChI is InChI=1S/C14H8Cl2F3N3O2/c1-24-13(23)12-10(21)6(4-20)5-22(12)11-8(15)2-7(3-9(11)16)14(17,18)19/h2-3,5H,21H2,1H3. The van der Waals surface area contributed by atoms with Gasteiger partial charge in [0.05, 0.1) is 39.7 Å². The van der Waals surface area contributed by atoms with Gasteiger partial charge in [-0.3, -0.25) is 0 Å². The summed E-state index contributed by atoms with van der Waals surface area (Å²) in [5, 5.41) is 8.29. The van der Waals surface area contributed by atoms with E-state index >= 15 is 0 Å². The predicted octanol–water partition coefficient (Wildman–Crippen LogP) is 4.04. The average Bonchev–Trinajstić information content (AvgIpc) is 2.81. The van der Waals surface area contributed by atoms with E-state index in [4.69, 9.17) is 34.2 Å². The van der Waals surface area contributed by atoms with E-state index in [0.29, 0.717) is 12.1 Å². The smallest absolute Gasteiger partial charge is 0.416 e. The van der Waals surface area contributed by atoms with Crippen molar-refractivity contribution in [2.24, 2.45) is 0 Å². The highest BCUT2D eigenvalue weighted by molar-refractivity contribution is 6.38. The SMILES string of the molecule is COC(=O)c1c(N)c(C#N)cn1-c1c(Cl)cc(C(F)(F)F)cc1Cl. The predicted molar refractivity (Wildman–Crippen MR) is 81.3 cm³/mol. The second-order valence-corrected chi connectivity index (χ2v) is 5.38. The summed E-state index contributed by atoms with van der Waals surface area (Å²) in [5.74, 6) is -0.902. The lowest BCUT2D eigenvalue weighted by Crippen LogP contribution is -2.12. The second-order valence-electron chi connectivity index (χ2n) is 4.56. The molecule has 24 heavy (non-hydrogen) atoms. The van der Waals surface area contributed by atoms with Gasteiger partial charge in [-0.1, -0.05) is 23.2 Å². The number of esters is 1. The summed E-state index contributed by atoms with van der Waals surface area (Å²) in [5.41, 5.74) is 3.99. The zero-order valence-electron chi connectivity index (χ0n) is 11.9. The van der Waals surface area contributed by atoms with Crippen molar-refractivity contribution in [2.75, 3.05) is 12.8 Å². The number of nitriles is 1. The third-order valence-electron chi connectivity index (χ3n) is 3.13. The number of carbonyl (C=O) groups excluding carboxylic acids is 1. The molecule has 0 spiro atoms. The number of benzene rings is 1. The van der Waals surface area contributed by atoms with Gasteiger partial charge in [0, 0.05) is 6.20 Å². The fraction of sp³-hybridized carbons (Fsp3) is 0.143. The Morgan fingerprint density at radius 2 is 1.88 bits per heavy atom. The Morgan fingerprint density at radius 1 is 1.33 bits per heavy atom. The normalized spacial score (nSPS) is 11.2. The quantitative estimate of drug-likeness (QED) is 0.800. The van der Waals surface area contributed by atoms with E-state index in [1.54, 1.807) is 6.07 Å². The largest absolute Gasteiger partial charge is 0.464 e. The van der Waals surface area contributed by atoms with Gasteiger partial charge in [0.25, 0.3) is 0 Å². The first-order chi connectivity index (χ1) is 11.1. The maximum atomic E-state index is 12.8. The molecule has 1 heterocycles. The molecule has 0 unspecified atom stereocenters. The molecule has 126 valence electrons. The molecule has 5 nitrogen and oxygen atoms in total. The molecular weight excluding hydrogens is 370 g/mol. The number of rotatable bonds is 2. The van der Waals surface area contributed by atoms with Crippen LogP contribution in [0.4, 0.5) is 18.9 Å². The summed E-state index contributed by atoms with van der Waals surface area (Å²) in [4.78, 5) is 11.9. The molecule has 10 heteroatoms. The van der Waals surface area contributed by atoms with E-state index in [2.05, 4.69) is 4.74 Å². The van der Waals surface area contributed by atoms with Crippen LogP contribution in [0.15, 0.2) is 18.3 Å². The van der Waals surface area contributed by atoms with Crippen LogP contribution < -0.4 is 5.73 Å². The molecule has 0 aliphatic carbocycles. The molecule has 2 rings (SSSR count). The topological polar surface area (TPSA) is 81.0 Å². The van der Waals surface area contributed by atoms with Crippen LogP contribution in [0.25, 0.3) is 5.69 Å². The van der Waals surface area contributed by atoms with E-state index in [1.165, 1.54) is 0 Å². The molecule has 0 bridgehead atoms. The Bertz CT molecular complexity index is 846. The third-order valence-corrected chi connectivity index (χ3v) is 3.70. The molecule has 0 amide bonds. The zero-order chi connectivity index (χ0) is 18.2. The number of anilines is 1. The molecule has 0 aliphatic heterocycles. The highest BCUT2D eigenvalue weighted by Gasteiger charge is 2.33. The molecule has 0 atom stereocenters. The van der Waals surface area contributed by atoms with Crippen LogP contribution in [-0.2, 0) is 10.9 Å². The molecule has 2 aromatic rings. The molecule has 0 saturated carbocycles. The molecule has 0 saturated heterocycles. The van der Waals surface area contributed by atoms with Crippen LogP contribution in [-0.4, -0.2) is 17.6 Å². The van der Waals surface area contributed by atoms with Gasteiger partial charge in [-0.15, -0.1) is 0 Å². The van der Waals surface area contributed by atoms with Crippen LogP contribution in [0.2, 0.25) is 10.0 Å². The van der Waals surface area contributed by atoms with Crippen LogP contribution in [0.1, 0.15) is 21.6 Å². The Kier molecular flexibility index (Phi) is 4.69. The van der Waals surface area contributed by atoms with Crippen molar-refractivity contribution in [3.63, 3.8) is 0 Å². The fourth-order valence-electron chi connectivity index (χ4n) is 2.05. The van der Waals surface area contributed by atoms with Crippen LogP contribution >= 0.6 is 23.2 Å². The summed E-state index contributed by atoms with van der Waals surface area (Å²) in [6.45, 7) is 0. The van der Waals surface area contributed by atoms with E-state index in [0.717, 1.165) is 17.9 Å². The van der Waals surface area contributed by atoms with Crippen molar-refractivity contribution in [3.8, 4) is 11.8 Å². The van der Waals surface area contributed by atoms with Crippen molar-refractivity contribution >= 4 is 34.9 Å². The summed E-state index contributed by atoms with van der Waals surface area (Å²) < 4.78 is 44.0. The van der Waals surface area contributed by atoms with Gasteiger partial charge in [-0.2, -0.15) is 18.4 Å². The van der Waals surface area contributed by atoms with Crippen LogP contribution in [0.3, 0.4) is 0 Å². The fourth-order valence-corrected chi connectivity index (χ4v) is 2.72. The maximum Gasteiger partial charge on any atom is 0.416 e. The Hall–Kier alpha value is -2.37. The molecule has 0 fully saturated rings. The van der Waals surface area contributed by atoms with Crippen molar-refractivity contribution in [3.05, 3.63) is 45.2 Å². The third kappa shape index (κ3) is 3.00. The summed E-state index contributed by atoms with van der Waals surface area (Å²) >= 11 is 11.8. The molecule has 0 radical (unpaired) electrons. The summed E-state index contributed by atoms with van der Waals surface area (Å²) in [6, 6.07) is 3.08. The zero-order valence-corrected chi connectivity index (χ0v) is 13.4. The molecule has 0 aliphatic rings. The van der Waals surface area contributed by atoms with Crippen molar-refractivity contribution in [1.82, 2.24) is 4.57 Å². The number of halogens is 5. The highest BCUT2D eigenvalue weighted by Crippen LogP contribution is 2.39. The van der Waals surface area contributed by atoms with Crippen LogP contribution in [0.5, 0.6) is 0 Å². The van der Waals surface area contributed by atoms with E-state index < -0.39 is 17.7 Å². The Labute approximate surface area is 143 Å². The minimum Gasteiger partial charge on any atom is -0.464 e. The monoisotopic (exact) mass is 377 g/mol. The lowest BCUT2D eigenvalue weighted by Gasteiger charge is -2.15. The number of hydrogen-bond acceptors (Lipinski definition) is 4. The number of nitrogens with two attached hydrogens (primary N) is 1. The van der Waals surface area contributed by atoms with Crippen molar-refractivity contribution in [2.45, 2.75) is 6.18 Å². The van der Waals surface area contributed by atoms with Gasteiger partial charge in [-0.05, 0) is 12.1 Å². The van der Waals surface area contributed by atoms with E-state index in [1.807, 2.05) is 0 Å². The highest BCUT2D eigenvalue weighted by atomic mass is 35.5. The van der Waals surface area contributed by atoms with Gasteiger partial charge in [0.2, 0.25) is 0 Å². The molecular formula is C14H8Cl2F3N3O2. The Morgan fingerprint density at radius 3 is 2.29 bits per heavy atom. The minimum absolute atomic E-state index is 0.0811. The maximum absolute atomic E-state index is 12.8. The average molecular weight is 378 g/mol. The van der Waals surface area contributed by atoms with E-state index in [-0.39, 0.29) is 32.7 Å². The number of nitrogen functional groups attached to an aromatic ring is 1. The molecule has 1 aromatic heterocycles. The van der Waals surface area contributed by atoms with Crippen molar-refractivity contribution < 1.29 is 22.7 Å². The number of methoxy groups -OCH3 is 1. The first-order valence-corrected chi connectivity index (χ1v) is 6.93. The van der Waals surface area contributed by atoms with Gasteiger partial charge >= 0.3 is 12.1 Å². The number of nitrogens with zero attached hydrogens (tertiary/aromatic N) is 2. The summed E-state index contributed by atoms with van der Waals surface area (Å²) in [7, 11) is 1.08. The van der Waals surface area contributed by atoms with Gasteiger partial charge < -0.3 is 15.0 Å². The minimum atomic E-state index is -4.65. The van der Waals surface area contributed by atoms with Crippen LogP contribution in [0, 0.1) is 11.3 Å². The van der Waals surface area contributed by atoms with Crippen molar-refractivity contribution in [1.29, 1.82) is 5.26 Å². The lowest BCUT2D eigenvalue weighted by atomic mass is 10.2. The molecule has 1 aromatic carbocycles. The lowest BCUT2D eigenvalue weighted by molar-refractivity contribution is -0.137.